The minimum Gasteiger partial charge on any atom is -0.481 e. The van der Waals surface area contributed by atoms with Crippen LogP contribution in [0.1, 0.15) is 113 Å². The van der Waals surface area contributed by atoms with E-state index in [9.17, 15) is 102 Å². The zero-order chi connectivity index (χ0) is 73.0. The number of carboxylic acids is 2. The molecule has 96 heavy (non-hydrogen) atoms. The van der Waals surface area contributed by atoms with Crippen LogP contribution in [0.25, 0.3) is 0 Å². The van der Waals surface area contributed by atoms with Gasteiger partial charge in [0.05, 0.1) is 56.2 Å². The molecule has 11 amide bonds. The van der Waals surface area contributed by atoms with Gasteiger partial charge in [-0.15, -0.1) is 0 Å². The van der Waals surface area contributed by atoms with E-state index >= 15 is 0 Å². The maximum atomic E-state index is 14.7. The first kappa shape index (κ1) is 84.2. The van der Waals surface area contributed by atoms with Crippen LogP contribution in [0, 0.1) is 5.92 Å². The summed E-state index contributed by atoms with van der Waals surface area (Å²) in [7, 11) is 0. The Hall–Kier alpha value is -9.77. The molecule has 0 radical (unpaired) electrons. The Morgan fingerprint density at radius 3 is 1.62 bits per heavy atom. The Balaban J connectivity index is 4.02. The van der Waals surface area contributed by atoms with Crippen molar-refractivity contribution < 1.29 is 102 Å². The van der Waals surface area contributed by atoms with Gasteiger partial charge in [-0.25, -0.2) is 0 Å². The molecule has 0 aromatic carbocycles. The zero-order valence-corrected chi connectivity index (χ0v) is 54.1. The molecular weight excluding hydrogens is 1270 g/mol. The van der Waals surface area contributed by atoms with Crippen LogP contribution < -0.4 is 97.0 Å². The van der Waals surface area contributed by atoms with Crippen molar-refractivity contribution in [2.45, 2.75) is 197 Å². The number of carbonyl (C=O) groups excluding carboxylic acids is 16. The van der Waals surface area contributed by atoms with Crippen LogP contribution in [0.15, 0.2) is 17.1 Å². The molecule has 0 saturated heterocycles. The smallest absolute Gasteiger partial charge is 0.305 e. The number of aldehydes is 5. The highest BCUT2D eigenvalue weighted by molar-refractivity contribution is 6.00. The lowest BCUT2D eigenvalue weighted by Crippen LogP contribution is -2.68. The Labute approximate surface area is 551 Å². The molecular formula is C56H91N19O21. The maximum Gasteiger partial charge on any atom is 0.305 e. The number of guanidine groups is 1. The fourth-order valence-corrected chi connectivity index (χ4v) is 8.73. The number of aliphatic hydroxyl groups is 1. The molecule has 1 aliphatic heterocycles. The number of carboxylic acid groups (broad SMARTS) is 2. The fourth-order valence-electron chi connectivity index (χ4n) is 8.73. The van der Waals surface area contributed by atoms with Gasteiger partial charge >= 0.3 is 11.9 Å². The first-order chi connectivity index (χ1) is 45.0. The van der Waals surface area contributed by atoms with Crippen molar-refractivity contribution in [1.82, 2.24) is 79.8 Å². The number of aliphatic hydroxyl groups excluding tert-OH is 1. The second kappa shape index (κ2) is 42.5. The maximum absolute atomic E-state index is 14.7. The number of allylic oxidation sites excluding steroid dienone is 2. The number of amides is 11. The van der Waals surface area contributed by atoms with E-state index in [1.165, 1.54) is 6.92 Å². The van der Waals surface area contributed by atoms with Gasteiger partial charge in [0.1, 0.15) is 54.6 Å². The molecule has 0 fully saturated rings. The third-order valence-corrected chi connectivity index (χ3v) is 14.2. The highest BCUT2D eigenvalue weighted by Crippen LogP contribution is 2.19. The highest BCUT2D eigenvalue weighted by Gasteiger charge is 2.41. The van der Waals surface area contributed by atoms with Crippen molar-refractivity contribution >= 4 is 114 Å². The Kier molecular flexibility index (Phi) is 37.3. The van der Waals surface area contributed by atoms with Crippen LogP contribution in [-0.2, 0) is 86.3 Å². The van der Waals surface area contributed by atoms with Crippen molar-refractivity contribution in [2.24, 2.45) is 28.1 Å². The van der Waals surface area contributed by atoms with E-state index in [0.717, 1.165) is 27.7 Å². The number of aliphatic carboxylic acids is 2. The standard InChI is InChI=1S/C56H91N19O21/c1-28(2)36(27-81)68-41-47(90)61-21-37(83)69-45(66-34(24-78)20-39(86)87)51(94)75-56(7,17-13-11-9-8-10-12-16-55(6,53(96)73-41)74-31(5)82)52(95)63-30(4)46(89)70-44(65-33(23-77)19-38(84)85)50(93)72-43(64-32(22-76)15-14-18-60-54(58)59)49(92)71-42(67-35(25-79)26-80)48(91)62-29(3)40(57)88/h8-9,22-25,27-30,32-36,41-45,64-68,80H,10-21,26H2,1-7H3,(H2,57,88)(H,61,90)(H,62,91)(H,63,95)(H,69,83)(H,70,89)(H,71,92)(H,72,93)(H,73,96)(H,74,82)(H,75,94)(H,84,85)(H,86,87)(H4,58,59,60)/b9-8-/t29-,30-,32+,33+,34+,35-,36-,41+,42-,43+,44-,45+,55-,56-/m0/s1. The first-order valence-electron chi connectivity index (χ1n) is 30.1. The molecule has 1 aliphatic rings. The Bertz CT molecular complexity index is 2840. The average molecular weight is 1370 g/mol. The van der Waals surface area contributed by atoms with Crippen LogP contribution in [-0.4, -0.2) is 234 Å². The van der Waals surface area contributed by atoms with Gasteiger partial charge in [0.15, 0.2) is 36.8 Å². The third-order valence-electron chi connectivity index (χ3n) is 14.2. The van der Waals surface area contributed by atoms with E-state index in [1.807, 2.05) is 0 Å². The largest absolute Gasteiger partial charge is 0.481 e. The van der Waals surface area contributed by atoms with Crippen LogP contribution >= 0.6 is 0 Å². The number of hydrogen-bond donors (Lipinski definition) is 21. The summed E-state index contributed by atoms with van der Waals surface area (Å²) in [4.78, 5) is 239. The number of aliphatic imine (C=N–C) groups is 1. The molecule has 40 nitrogen and oxygen atoms in total. The molecule has 0 unspecified atom stereocenters. The van der Waals surface area contributed by atoms with E-state index in [2.05, 4.69) is 84.7 Å². The summed E-state index contributed by atoms with van der Waals surface area (Å²) in [6, 6.07) is -10.8. The first-order valence-corrected chi connectivity index (χ1v) is 30.1. The van der Waals surface area contributed by atoms with Gasteiger partial charge < -0.3 is 110 Å². The molecule has 1 rings (SSSR count). The second-order valence-electron chi connectivity index (χ2n) is 22.9. The summed E-state index contributed by atoms with van der Waals surface area (Å²) in [5, 5.41) is 64.0. The van der Waals surface area contributed by atoms with E-state index in [4.69, 9.17) is 17.2 Å². The van der Waals surface area contributed by atoms with Gasteiger partial charge in [-0.05, 0) is 85.0 Å². The van der Waals surface area contributed by atoms with Crippen molar-refractivity contribution in [2.75, 3.05) is 19.7 Å². The van der Waals surface area contributed by atoms with Crippen molar-refractivity contribution in [3.63, 3.8) is 0 Å². The molecule has 536 valence electrons. The summed E-state index contributed by atoms with van der Waals surface area (Å²) in [5.41, 5.74) is 12.2. The molecule has 0 saturated carbocycles. The summed E-state index contributed by atoms with van der Waals surface area (Å²) < 4.78 is 0. The van der Waals surface area contributed by atoms with E-state index in [0.29, 0.717) is 6.29 Å². The summed E-state index contributed by atoms with van der Waals surface area (Å²) in [6.45, 7) is 7.12. The quantitative estimate of drug-likeness (QED) is 0.00686. The summed E-state index contributed by atoms with van der Waals surface area (Å²) in [6.07, 6.45) is -7.78. The highest BCUT2D eigenvalue weighted by atomic mass is 16.4. The number of rotatable bonds is 37. The molecule has 40 heteroatoms. The van der Waals surface area contributed by atoms with Gasteiger partial charge in [0.2, 0.25) is 35.4 Å². The van der Waals surface area contributed by atoms with Gasteiger partial charge in [0, 0.05) is 13.5 Å². The lowest BCUT2D eigenvalue weighted by molar-refractivity contribution is -0.140. The van der Waals surface area contributed by atoms with Crippen molar-refractivity contribution in [3.05, 3.63) is 12.2 Å². The van der Waals surface area contributed by atoms with Crippen LogP contribution in [0.2, 0.25) is 0 Å². The van der Waals surface area contributed by atoms with E-state index in [-0.39, 0.29) is 89.0 Å². The molecule has 0 aliphatic carbocycles. The average Bonchev–Trinajstić information content (AvgIpc) is 0.863. The third kappa shape index (κ3) is 31.0. The molecule has 0 spiro atoms. The lowest BCUT2D eigenvalue weighted by Gasteiger charge is -2.33. The minimum absolute atomic E-state index is 0.00508. The lowest BCUT2D eigenvalue weighted by atomic mass is 9.92. The van der Waals surface area contributed by atoms with Gasteiger partial charge in [-0.2, -0.15) is 0 Å². The number of nitrogens with zero attached hydrogens (tertiary/aromatic N) is 1. The molecule has 0 aromatic heterocycles. The number of nitrogens with two attached hydrogens (primary N) is 3. The minimum atomic E-state index is -2.29. The SMILES string of the molecule is CC(=O)N[C@@]1(C)CCC/C=C\CCC[C@@](C)(C(=O)N[C@@H](C)C(=O)N[C@H](N[C@@H](C=O)CC(=O)O)C(=O)N[C@@H](N[C@@H](C=O)CCCN=C(N)N)C(=O)N[C@H](N[C@@H](C=O)CO)C(=O)N[C@@H](C)C(N)=O)NC(=O)[C@H](N[C@@H](C=O)CC(=O)O)NC(=O)CNC(=O)[C@H](N[C@@H](C=O)C(C)C)NC1=O. The summed E-state index contributed by atoms with van der Waals surface area (Å²) in [5.74, 6) is -16.8. The predicted molar refractivity (Wildman–Crippen MR) is 334 cm³/mol. The van der Waals surface area contributed by atoms with Gasteiger partial charge in [0.25, 0.3) is 29.5 Å². The van der Waals surface area contributed by atoms with E-state index < -0.39 is 193 Å². The monoisotopic (exact) mass is 1370 g/mol. The normalized spacial score (nSPS) is 21.7. The summed E-state index contributed by atoms with van der Waals surface area (Å²) >= 11 is 0. The second-order valence-corrected chi connectivity index (χ2v) is 22.9. The molecule has 24 N–H and O–H groups in total. The molecule has 14 atom stereocenters. The van der Waals surface area contributed by atoms with Crippen LogP contribution in [0.3, 0.4) is 0 Å². The van der Waals surface area contributed by atoms with Crippen molar-refractivity contribution in [1.29, 1.82) is 0 Å². The number of nitrogens with one attached hydrogen (secondary N) is 15. The molecule has 1 heterocycles. The van der Waals surface area contributed by atoms with Crippen LogP contribution in [0.5, 0.6) is 0 Å². The van der Waals surface area contributed by atoms with Crippen molar-refractivity contribution in [3.8, 4) is 0 Å². The number of carbonyl (C=O) groups is 18. The van der Waals surface area contributed by atoms with Crippen LogP contribution in [0.4, 0.5) is 0 Å². The predicted octanol–water partition coefficient (Wildman–Crippen LogP) is -10.1. The van der Waals surface area contributed by atoms with Gasteiger partial charge in [-0.1, -0.05) is 26.0 Å². The fraction of sp³-hybridized carbons (Fsp3) is 0.625. The zero-order valence-electron chi connectivity index (χ0n) is 54.1. The van der Waals surface area contributed by atoms with Gasteiger partial charge in [-0.3, -0.25) is 93.9 Å². The number of primary amides is 1. The Morgan fingerprint density at radius 1 is 0.635 bits per heavy atom. The Morgan fingerprint density at radius 2 is 1.14 bits per heavy atom. The molecule has 0 bridgehead atoms. The molecule has 0 aromatic rings. The topological polar surface area (TPSA) is 639 Å². The number of hydrogen-bond acceptors (Lipinski definition) is 25. The van der Waals surface area contributed by atoms with E-state index in [1.54, 1.807) is 26.0 Å².